The van der Waals surface area contributed by atoms with Crippen LogP contribution >= 0.6 is 0 Å². The van der Waals surface area contributed by atoms with E-state index >= 15 is 0 Å². The largest absolute Gasteiger partial charge is 0.494 e. The minimum atomic E-state index is 0.0667. The predicted molar refractivity (Wildman–Crippen MR) is 86.4 cm³/mol. The maximum Gasteiger partial charge on any atom is 0.221 e. The second-order valence-corrected chi connectivity index (χ2v) is 5.41. The number of hydrogen-bond donors (Lipinski definition) is 2. The normalized spacial score (nSPS) is 10.3. The highest BCUT2D eigenvalue weighted by atomic mass is 16.5. The van der Waals surface area contributed by atoms with Crippen LogP contribution in [0.1, 0.15) is 38.7 Å². The second kappa shape index (κ2) is 10.6. The molecule has 120 valence electrons. The summed E-state index contributed by atoms with van der Waals surface area (Å²) < 4.78 is 5.59. The molecule has 1 amide bonds. The molecule has 1 aromatic rings. The van der Waals surface area contributed by atoms with Gasteiger partial charge >= 0.3 is 0 Å². The molecule has 0 unspecified atom stereocenters. The standard InChI is InChI=1S/C17H25N3O2/c1-14(2)20-17(21)8-10-19-13-15-6-5-7-16(12-15)22-11-4-3-9-18/h5-7,12,14,19H,3-4,8,10-11,13H2,1-2H3,(H,20,21). The quantitative estimate of drug-likeness (QED) is 0.651. The maximum absolute atomic E-state index is 11.5. The van der Waals surface area contributed by atoms with Crippen molar-refractivity contribution in [3.63, 3.8) is 0 Å². The zero-order valence-corrected chi connectivity index (χ0v) is 13.4. The summed E-state index contributed by atoms with van der Waals surface area (Å²) in [7, 11) is 0. The Morgan fingerprint density at radius 2 is 2.23 bits per heavy atom. The molecule has 0 atom stereocenters. The van der Waals surface area contributed by atoms with E-state index in [9.17, 15) is 4.79 Å². The van der Waals surface area contributed by atoms with Crippen LogP contribution in [0.3, 0.4) is 0 Å². The first-order valence-electron chi connectivity index (χ1n) is 7.70. The van der Waals surface area contributed by atoms with Gasteiger partial charge in [0.05, 0.1) is 12.7 Å². The van der Waals surface area contributed by atoms with E-state index < -0.39 is 0 Å². The van der Waals surface area contributed by atoms with Gasteiger partial charge in [0.15, 0.2) is 0 Å². The molecule has 0 saturated heterocycles. The van der Waals surface area contributed by atoms with Gasteiger partial charge in [0, 0.05) is 32.0 Å². The fraction of sp³-hybridized carbons (Fsp3) is 0.529. The molecule has 0 saturated carbocycles. The summed E-state index contributed by atoms with van der Waals surface area (Å²) in [5, 5.41) is 14.6. The first-order valence-corrected chi connectivity index (χ1v) is 7.70. The molecule has 0 aliphatic carbocycles. The summed E-state index contributed by atoms with van der Waals surface area (Å²) in [5.74, 6) is 0.881. The van der Waals surface area contributed by atoms with Gasteiger partial charge in [-0.2, -0.15) is 5.26 Å². The molecule has 2 N–H and O–H groups in total. The van der Waals surface area contributed by atoms with Crippen molar-refractivity contribution in [1.29, 1.82) is 5.26 Å². The van der Waals surface area contributed by atoms with Crippen molar-refractivity contribution in [1.82, 2.24) is 10.6 Å². The van der Waals surface area contributed by atoms with E-state index in [-0.39, 0.29) is 11.9 Å². The van der Waals surface area contributed by atoms with Crippen molar-refractivity contribution in [3.05, 3.63) is 29.8 Å². The Morgan fingerprint density at radius 3 is 2.95 bits per heavy atom. The molecule has 1 rings (SSSR count). The lowest BCUT2D eigenvalue weighted by Crippen LogP contribution is -2.32. The van der Waals surface area contributed by atoms with Crippen molar-refractivity contribution in [2.75, 3.05) is 13.2 Å². The lowest BCUT2D eigenvalue weighted by Gasteiger charge is -2.10. The number of ether oxygens (including phenoxy) is 1. The Balaban J connectivity index is 2.25. The van der Waals surface area contributed by atoms with Crippen LogP contribution in [0.5, 0.6) is 5.75 Å². The number of hydrogen-bond acceptors (Lipinski definition) is 4. The second-order valence-electron chi connectivity index (χ2n) is 5.41. The van der Waals surface area contributed by atoms with Crippen molar-refractivity contribution in [2.45, 2.75) is 45.7 Å². The summed E-state index contributed by atoms with van der Waals surface area (Å²) in [6.45, 7) is 5.80. The van der Waals surface area contributed by atoms with Crippen molar-refractivity contribution >= 4 is 5.91 Å². The molecule has 0 fully saturated rings. The SMILES string of the molecule is CC(C)NC(=O)CCNCc1cccc(OCCCC#N)c1. The van der Waals surface area contributed by atoms with Gasteiger partial charge in [0.2, 0.25) is 5.91 Å². The topological polar surface area (TPSA) is 74.2 Å². The number of carbonyl (C=O) groups excluding carboxylic acids is 1. The van der Waals surface area contributed by atoms with Gasteiger partial charge in [-0.1, -0.05) is 12.1 Å². The Kier molecular flexibility index (Phi) is 8.70. The highest BCUT2D eigenvalue weighted by molar-refractivity contribution is 5.76. The fourth-order valence-corrected chi connectivity index (χ4v) is 1.92. The van der Waals surface area contributed by atoms with Gasteiger partial charge in [0.1, 0.15) is 5.75 Å². The summed E-state index contributed by atoms with van der Waals surface area (Å²) in [4.78, 5) is 11.5. The molecule has 0 radical (unpaired) electrons. The number of benzene rings is 1. The average molecular weight is 303 g/mol. The molecule has 1 aromatic carbocycles. The molecule has 0 spiro atoms. The van der Waals surface area contributed by atoms with Crippen LogP contribution in [-0.4, -0.2) is 25.1 Å². The van der Waals surface area contributed by atoms with Gasteiger partial charge in [-0.25, -0.2) is 0 Å². The molecule has 0 bridgehead atoms. The number of rotatable bonds is 10. The summed E-state index contributed by atoms with van der Waals surface area (Å²) in [6, 6.07) is 10.1. The van der Waals surface area contributed by atoms with Crippen LogP contribution in [0, 0.1) is 11.3 Å². The summed E-state index contributed by atoms with van der Waals surface area (Å²) in [5.41, 5.74) is 1.11. The maximum atomic E-state index is 11.5. The van der Waals surface area contributed by atoms with Gasteiger partial charge in [-0.15, -0.1) is 0 Å². The zero-order valence-electron chi connectivity index (χ0n) is 13.4. The van der Waals surface area contributed by atoms with E-state index in [0.717, 1.165) is 17.7 Å². The first kappa shape index (κ1) is 18.0. The van der Waals surface area contributed by atoms with Gasteiger partial charge in [-0.3, -0.25) is 4.79 Å². The molecule has 0 aliphatic heterocycles. The van der Waals surface area contributed by atoms with Gasteiger partial charge in [0.25, 0.3) is 0 Å². The molecule has 22 heavy (non-hydrogen) atoms. The van der Waals surface area contributed by atoms with Crippen LogP contribution in [0.15, 0.2) is 24.3 Å². The third-order valence-electron chi connectivity index (χ3n) is 2.91. The van der Waals surface area contributed by atoms with Gasteiger partial charge in [-0.05, 0) is 38.0 Å². The third kappa shape index (κ3) is 8.28. The van der Waals surface area contributed by atoms with Crippen LogP contribution < -0.4 is 15.4 Å². The minimum absolute atomic E-state index is 0.0667. The van der Waals surface area contributed by atoms with Crippen LogP contribution in [0.4, 0.5) is 0 Å². The summed E-state index contributed by atoms with van der Waals surface area (Å²) >= 11 is 0. The highest BCUT2D eigenvalue weighted by Crippen LogP contribution is 2.13. The predicted octanol–water partition coefficient (Wildman–Crippen LogP) is 2.37. The fourth-order valence-electron chi connectivity index (χ4n) is 1.92. The number of nitrogens with zero attached hydrogens (tertiary/aromatic N) is 1. The number of unbranched alkanes of at least 4 members (excludes halogenated alkanes) is 1. The van der Waals surface area contributed by atoms with E-state index in [4.69, 9.17) is 10.00 Å². The van der Waals surface area contributed by atoms with E-state index in [1.54, 1.807) is 0 Å². The number of carbonyl (C=O) groups is 1. The Hall–Kier alpha value is -2.06. The van der Waals surface area contributed by atoms with Gasteiger partial charge < -0.3 is 15.4 Å². The molecular formula is C17H25N3O2. The monoisotopic (exact) mass is 303 g/mol. The van der Waals surface area contributed by atoms with E-state index in [1.807, 2.05) is 38.1 Å². The number of amides is 1. The lowest BCUT2D eigenvalue weighted by molar-refractivity contribution is -0.121. The Bertz CT molecular complexity index is 495. The highest BCUT2D eigenvalue weighted by Gasteiger charge is 2.02. The van der Waals surface area contributed by atoms with Crippen molar-refractivity contribution in [2.24, 2.45) is 0 Å². The minimum Gasteiger partial charge on any atom is -0.494 e. The zero-order chi connectivity index (χ0) is 16.2. The summed E-state index contributed by atoms with van der Waals surface area (Å²) in [6.07, 6.45) is 1.73. The first-order chi connectivity index (χ1) is 10.6. The molecular weight excluding hydrogens is 278 g/mol. The molecule has 0 heterocycles. The van der Waals surface area contributed by atoms with Crippen LogP contribution in [0.2, 0.25) is 0 Å². The third-order valence-corrected chi connectivity index (χ3v) is 2.91. The lowest BCUT2D eigenvalue weighted by atomic mass is 10.2. The van der Waals surface area contributed by atoms with Crippen molar-refractivity contribution < 1.29 is 9.53 Å². The van der Waals surface area contributed by atoms with E-state index in [0.29, 0.717) is 32.5 Å². The van der Waals surface area contributed by atoms with E-state index in [1.165, 1.54) is 0 Å². The number of nitrogens with one attached hydrogen (secondary N) is 2. The smallest absolute Gasteiger partial charge is 0.221 e. The molecule has 5 heteroatoms. The Morgan fingerprint density at radius 1 is 1.41 bits per heavy atom. The van der Waals surface area contributed by atoms with E-state index in [2.05, 4.69) is 16.7 Å². The Labute approximate surface area is 132 Å². The molecule has 0 aromatic heterocycles. The number of nitriles is 1. The van der Waals surface area contributed by atoms with Crippen LogP contribution in [0.25, 0.3) is 0 Å². The van der Waals surface area contributed by atoms with Crippen LogP contribution in [-0.2, 0) is 11.3 Å². The molecule has 0 aliphatic rings. The average Bonchev–Trinajstić information content (AvgIpc) is 2.48. The van der Waals surface area contributed by atoms with Crippen molar-refractivity contribution in [3.8, 4) is 11.8 Å². The molecule has 5 nitrogen and oxygen atoms in total.